The fourth-order valence-corrected chi connectivity index (χ4v) is 1.10. The Hall–Kier alpha value is -1.82. The Balaban J connectivity index is 3.20. The van der Waals surface area contributed by atoms with Gasteiger partial charge in [-0.3, -0.25) is 0 Å². The summed E-state index contributed by atoms with van der Waals surface area (Å²) in [5, 5.41) is 8.77. The Morgan fingerprint density at radius 1 is 1.50 bits per heavy atom. The minimum Gasteiger partial charge on any atom is -0.478 e. The molecule has 0 aliphatic heterocycles. The number of rotatable bonds is 2. The van der Waals surface area contributed by atoms with Gasteiger partial charge in [-0.1, -0.05) is 12.1 Å². The Labute approximate surface area is 82.8 Å². The van der Waals surface area contributed by atoms with Crippen molar-refractivity contribution in [3.05, 3.63) is 46.8 Å². The van der Waals surface area contributed by atoms with Crippen LogP contribution in [-0.4, -0.2) is 11.1 Å². The van der Waals surface area contributed by atoms with Crippen LogP contribution in [0.15, 0.2) is 24.3 Å². The molecule has 0 aliphatic rings. The van der Waals surface area contributed by atoms with Gasteiger partial charge in [0.15, 0.2) is 0 Å². The monoisotopic (exact) mass is 189 g/mol. The number of benzene rings is 1. The highest BCUT2D eigenvalue weighted by molar-refractivity contribution is 5.87. The highest BCUT2D eigenvalue weighted by Gasteiger charge is 2.26. The summed E-state index contributed by atoms with van der Waals surface area (Å²) in [6, 6.07) is 6.49. The van der Waals surface area contributed by atoms with Crippen LogP contribution < -0.4 is 0 Å². The molecule has 0 heterocycles. The molecule has 0 atom stereocenters. The molecule has 1 N–H and O–H groups in total. The summed E-state index contributed by atoms with van der Waals surface area (Å²) in [6.45, 7) is 10.5. The highest BCUT2D eigenvalue weighted by atomic mass is 16.4. The average Bonchev–Trinajstić information content (AvgIpc) is 2.18. The second-order valence-corrected chi connectivity index (χ2v) is 3.56. The lowest BCUT2D eigenvalue weighted by molar-refractivity contribution is 0.0696. The van der Waals surface area contributed by atoms with Crippen molar-refractivity contribution in [3.63, 3.8) is 0 Å². The number of carbonyl (C=O) groups is 1. The molecule has 1 rings (SSSR count). The molecule has 3 nitrogen and oxygen atoms in total. The maximum absolute atomic E-state index is 10.7. The van der Waals surface area contributed by atoms with Crippen molar-refractivity contribution in [1.29, 1.82) is 0 Å². The van der Waals surface area contributed by atoms with Crippen LogP contribution in [0.25, 0.3) is 4.85 Å². The molecule has 0 bridgehead atoms. The second kappa shape index (κ2) is 3.51. The van der Waals surface area contributed by atoms with E-state index >= 15 is 0 Å². The third-order valence-electron chi connectivity index (χ3n) is 2.10. The molecule has 0 aromatic heterocycles. The van der Waals surface area contributed by atoms with E-state index in [0.29, 0.717) is 0 Å². The smallest absolute Gasteiger partial charge is 0.335 e. The fraction of sp³-hybridized carbons (Fsp3) is 0.273. The summed E-state index contributed by atoms with van der Waals surface area (Å²) in [6.07, 6.45) is 0. The molecule has 0 spiro atoms. The normalized spacial score (nSPS) is 10.6. The van der Waals surface area contributed by atoms with Crippen molar-refractivity contribution in [1.82, 2.24) is 0 Å². The quantitative estimate of drug-likeness (QED) is 0.726. The van der Waals surface area contributed by atoms with Crippen LogP contribution in [0.1, 0.15) is 29.8 Å². The number of nitrogens with zero attached hydrogens (tertiary/aromatic N) is 1. The van der Waals surface area contributed by atoms with E-state index in [9.17, 15) is 4.79 Å². The molecule has 1 aromatic rings. The standard InChI is InChI=1S/C11H11NO2/c1-11(2,12-3)9-6-4-5-8(7-9)10(13)14/h4-7H,1-2H3,(H,13,14). The zero-order valence-electron chi connectivity index (χ0n) is 8.11. The maximum Gasteiger partial charge on any atom is 0.335 e. The van der Waals surface area contributed by atoms with E-state index in [2.05, 4.69) is 4.85 Å². The van der Waals surface area contributed by atoms with Crippen LogP contribution in [0.2, 0.25) is 0 Å². The van der Waals surface area contributed by atoms with Crippen LogP contribution in [0, 0.1) is 6.57 Å². The van der Waals surface area contributed by atoms with Gasteiger partial charge in [-0.25, -0.2) is 11.4 Å². The molecule has 1 aromatic carbocycles. The summed E-state index contributed by atoms with van der Waals surface area (Å²) < 4.78 is 0. The van der Waals surface area contributed by atoms with E-state index in [-0.39, 0.29) is 5.56 Å². The molecule has 14 heavy (non-hydrogen) atoms. The van der Waals surface area contributed by atoms with E-state index in [4.69, 9.17) is 11.7 Å². The topological polar surface area (TPSA) is 41.7 Å². The molecule has 0 fully saturated rings. The lowest BCUT2D eigenvalue weighted by Crippen LogP contribution is -2.12. The molecule has 72 valence electrons. The third kappa shape index (κ3) is 1.91. The summed E-state index contributed by atoms with van der Waals surface area (Å²) >= 11 is 0. The molecule has 0 saturated heterocycles. The predicted octanol–water partition coefficient (Wildman–Crippen LogP) is 2.54. The number of hydrogen-bond donors (Lipinski definition) is 1. The second-order valence-electron chi connectivity index (χ2n) is 3.56. The highest BCUT2D eigenvalue weighted by Crippen LogP contribution is 2.25. The number of hydrogen-bond acceptors (Lipinski definition) is 1. The Bertz CT molecular complexity index is 402. The van der Waals surface area contributed by atoms with Gasteiger partial charge in [-0.05, 0) is 12.1 Å². The number of aromatic carboxylic acids is 1. The van der Waals surface area contributed by atoms with Gasteiger partial charge >= 0.3 is 5.97 Å². The first-order valence-electron chi connectivity index (χ1n) is 4.20. The average molecular weight is 189 g/mol. The lowest BCUT2D eigenvalue weighted by Gasteiger charge is -2.11. The van der Waals surface area contributed by atoms with Crippen molar-refractivity contribution in [2.45, 2.75) is 19.4 Å². The van der Waals surface area contributed by atoms with Gasteiger partial charge in [0, 0.05) is 19.4 Å². The zero-order valence-corrected chi connectivity index (χ0v) is 8.11. The van der Waals surface area contributed by atoms with Gasteiger partial charge in [0.05, 0.1) is 5.56 Å². The van der Waals surface area contributed by atoms with Crippen LogP contribution >= 0.6 is 0 Å². The molecule has 0 radical (unpaired) electrons. The predicted molar refractivity (Wildman–Crippen MR) is 53.0 cm³/mol. The summed E-state index contributed by atoms with van der Waals surface area (Å²) in [5.74, 6) is -0.965. The number of carboxylic acids is 1. The maximum atomic E-state index is 10.7. The van der Waals surface area contributed by atoms with Gasteiger partial charge in [0.2, 0.25) is 0 Å². The van der Waals surface area contributed by atoms with Crippen molar-refractivity contribution < 1.29 is 9.90 Å². The Kier molecular flexibility index (Phi) is 2.57. The van der Waals surface area contributed by atoms with Gasteiger partial charge < -0.3 is 9.95 Å². The third-order valence-corrected chi connectivity index (χ3v) is 2.10. The molecular formula is C11H11NO2. The molecule has 3 heteroatoms. The first-order valence-corrected chi connectivity index (χ1v) is 4.20. The van der Waals surface area contributed by atoms with Crippen LogP contribution in [0.4, 0.5) is 0 Å². The Morgan fingerprint density at radius 2 is 2.14 bits per heavy atom. The van der Waals surface area contributed by atoms with E-state index in [1.165, 1.54) is 6.07 Å². The van der Waals surface area contributed by atoms with Crippen molar-refractivity contribution in [3.8, 4) is 0 Å². The lowest BCUT2D eigenvalue weighted by atomic mass is 9.94. The fourth-order valence-electron chi connectivity index (χ4n) is 1.10. The van der Waals surface area contributed by atoms with Gasteiger partial charge in [-0.2, -0.15) is 0 Å². The SMILES string of the molecule is [C-]#[N+]C(C)(C)c1cccc(C(=O)O)c1. The van der Waals surface area contributed by atoms with Crippen molar-refractivity contribution >= 4 is 5.97 Å². The van der Waals surface area contributed by atoms with Crippen LogP contribution in [-0.2, 0) is 5.54 Å². The van der Waals surface area contributed by atoms with Gasteiger partial charge in [-0.15, -0.1) is 0 Å². The number of carboxylic acid groups (broad SMARTS) is 1. The van der Waals surface area contributed by atoms with Crippen LogP contribution in [0.3, 0.4) is 0 Å². The minimum atomic E-state index is -0.965. The first-order chi connectivity index (χ1) is 6.47. The molecule has 0 saturated carbocycles. The molecule has 0 aliphatic carbocycles. The largest absolute Gasteiger partial charge is 0.478 e. The molecule has 0 unspecified atom stereocenters. The minimum absolute atomic E-state index is 0.222. The van der Waals surface area contributed by atoms with E-state index in [1.807, 2.05) is 0 Å². The first kappa shape index (κ1) is 10.3. The Morgan fingerprint density at radius 3 is 2.64 bits per heavy atom. The van der Waals surface area contributed by atoms with Gasteiger partial charge in [0.25, 0.3) is 5.54 Å². The summed E-state index contributed by atoms with van der Waals surface area (Å²) in [4.78, 5) is 14.1. The van der Waals surface area contributed by atoms with E-state index in [1.54, 1.807) is 32.0 Å². The van der Waals surface area contributed by atoms with Crippen LogP contribution in [0.5, 0.6) is 0 Å². The molecule has 0 amide bonds. The van der Waals surface area contributed by atoms with E-state index < -0.39 is 11.5 Å². The zero-order chi connectivity index (χ0) is 10.8. The van der Waals surface area contributed by atoms with Crippen molar-refractivity contribution in [2.24, 2.45) is 0 Å². The van der Waals surface area contributed by atoms with Crippen molar-refractivity contribution in [2.75, 3.05) is 0 Å². The summed E-state index contributed by atoms with van der Waals surface area (Å²) in [7, 11) is 0. The summed E-state index contributed by atoms with van der Waals surface area (Å²) in [5.41, 5.74) is 0.289. The molecular weight excluding hydrogens is 178 g/mol. The van der Waals surface area contributed by atoms with Gasteiger partial charge in [0.1, 0.15) is 0 Å². The van der Waals surface area contributed by atoms with E-state index in [0.717, 1.165) is 5.56 Å².